The van der Waals surface area contributed by atoms with Gasteiger partial charge in [-0.2, -0.15) is 0 Å². The molecule has 0 aromatic heterocycles. The molecule has 34 atom stereocenters. The number of rotatable bonds is 2. The molecule has 0 amide bonds. The summed E-state index contributed by atoms with van der Waals surface area (Å²) in [5.74, 6) is 5.66. The molecule has 8 saturated carbocycles. The van der Waals surface area contributed by atoms with Gasteiger partial charge in [-0.3, -0.25) is 85.1 Å². The summed E-state index contributed by atoms with van der Waals surface area (Å²) in [6, 6.07) is 0. The number of fused-ring (bicyclic) bond motifs is 40. The van der Waals surface area contributed by atoms with Gasteiger partial charge in [-0.05, 0) is 186 Å². The van der Waals surface area contributed by atoms with Crippen LogP contribution in [0.4, 0.5) is 0 Å². The topological polar surface area (TPSA) is 273 Å². The number of nitrogens with one attached hydrogen (secondary N) is 16. The monoisotopic (exact) mass is 2530 g/mol. The summed E-state index contributed by atoms with van der Waals surface area (Å²) in [5, 5.41) is 90.7. The summed E-state index contributed by atoms with van der Waals surface area (Å²) in [6.45, 7) is 0. The number of hydrogen-bond donors (Lipinski definition) is 16. The predicted molar refractivity (Wildman–Crippen MR) is 322 cm³/mol. The molecule has 0 aromatic carbocycles. The van der Waals surface area contributed by atoms with Crippen LogP contribution in [0.5, 0.6) is 0 Å². The number of hydrogen-bond acceptors (Lipinski definition) is 20. The zero-order valence-corrected chi connectivity index (χ0v) is 90.1. The standard InChI is InChI=1S/2C33H56N8O2.8HI.5Zn/c2*42-33(43)23-15-7-14-22-24(23)32-40-30-21-13-6-5-12-20(21)28(38-30)36-26-17-9-2-1-8-16(17)25(34-26)35-27-18-10-3-4-11-19(18)29(37-27)39-31(22)41-32;;;;;;;;;;;;;/h2*16-32,34-41H,1-15H2,(H,42,43);8*1H;;;;;/q;;;;;;;;;;5*+2/p-10. The smallest absolute Gasteiger partial charge is 1.00 e. The van der Waals surface area contributed by atoms with E-state index >= 15 is 0 Å². The van der Waals surface area contributed by atoms with Gasteiger partial charge in [-0.15, -0.1) is 0 Å². The summed E-state index contributed by atoms with van der Waals surface area (Å²) >= 11 is 0. The van der Waals surface area contributed by atoms with Crippen LogP contribution >= 0.6 is 0 Å². The molecule has 99 heavy (non-hydrogen) atoms. The number of carboxylic acids is 2. The largest absolute Gasteiger partial charge is 2.00 e. The predicted octanol–water partition coefficient (Wildman–Crippen LogP) is -22.8. The van der Waals surface area contributed by atoms with Crippen LogP contribution in [-0.4, -0.2) is 111 Å². The summed E-state index contributed by atoms with van der Waals surface area (Å²) in [4.78, 5) is 25.0. The molecule has 16 bridgehead atoms. The summed E-state index contributed by atoms with van der Waals surface area (Å²) in [7, 11) is 0. The van der Waals surface area contributed by atoms with E-state index in [2.05, 4.69) is 85.1 Å². The first-order valence-electron chi connectivity index (χ1n) is 36.8. The number of carbonyl (C=O) groups excluding carboxylic acids is 2. The van der Waals surface area contributed by atoms with Crippen molar-refractivity contribution in [2.75, 3.05) is 0 Å². The Kier molecular flexibility index (Phi) is 43.8. The average molecular weight is 2530 g/mol. The Hall–Kier alpha value is 7.26. The fourth-order valence-electron chi connectivity index (χ4n) is 24.7. The van der Waals surface area contributed by atoms with Gasteiger partial charge in [-0.25, -0.2) is 0 Å². The number of aliphatic carboxylic acids is 2. The van der Waals surface area contributed by atoms with Gasteiger partial charge in [0.2, 0.25) is 0 Å². The van der Waals surface area contributed by atoms with Gasteiger partial charge in [0.15, 0.2) is 0 Å². The molecule has 18 fully saturated rings. The SMILES string of the molecule is O=C([O-])C1CCCC2C3NC4NC(NC5NC(NC6NC(NC(N3)C12)C1CCCCC61)C1CCCCC51)C1CCCCC41.O=C([O-])C1CCCC2C3NC4NC(NC5NC(NC6NC(NC(N3)C12)C1CCCCC61)C1CCCCC51)C1CCCCC41.[I-].[I-].[I-].[I-].[I-].[I-].[I-].[I-].[Zn+2].[Zn+2].[Zn+2].[Zn+2].[Zn+2]. The zero-order valence-electron chi connectivity index (χ0n) is 58.0. The molecule has 10 aliphatic heterocycles. The third-order valence-electron chi connectivity index (χ3n) is 28.4. The van der Waals surface area contributed by atoms with Crippen molar-refractivity contribution in [3.05, 3.63) is 0 Å². The van der Waals surface area contributed by atoms with Crippen molar-refractivity contribution in [2.45, 2.75) is 291 Å². The van der Waals surface area contributed by atoms with Crippen molar-refractivity contribution in [3.63, 3.8) is 0 Å². The van der Waals surface area contributed by atoms with E-state index < -0.39 is 23.8 Å². The first kappa shape index (κ1) is 98.6. The van der Waals surface area contributed by atoms with Crippen LogP contribution in [0.1, 0.15) is 193 Å². The zero-order chi connectivity index (χ0) is 57.3. The van der Waals surface area contributed by atoms with Gasteiger partial charge >= 0.3 is 97.4 Å². The fraction of sp³-hybridized carbons (Fsp3) is 0.970. The molecule has 0 spiro atoms. The Morgan fingerprint density at radius 2 is 0.303 bits per heavy atom. The van der Waals surface area contributed by atoms with Crippen LogP contribution in [-0.2, 0) is 107 Å². The maximum absolute atomic E-state index is 12.5. The summed E-state index contributed by atoms with van der Waals surface area (Å²) < 4.78 is 0. The van der Waals surface area contributed by atoms with Crippen molar-refractivity contribution < 1.29 is 309 Å². The minimum atomic E-state index is -0.857. The van der Waals surface area contributed by atoms with Crippen LogP contribution in [0.25, 0.3) is 0 Å². The Bertz CT molecular complexity index is 2320. The van der Waals surface area contributed by atoms with Crippen LogP contribution in [0.3, 0.4) is 0 Å². The Morgan fingerprint density at radius 3 is 0.444 bits per heavy atom. The normalized spacial score (nSPS) is 48.7. The van der Waals surface area contributed by atoms with E-state index in [1.54, 1.807) is 0 Å². The Labute approximate surface area is 792 Å². The van der Waals surface area contributed by atoms with E-state index in [1.807, 2.05) is 0 Å². The molecule has 16 N–H and O–H groups in total. The van der Waals surface area contributed by atoms with Crippen molar-refractivity contribution in [2.24, 2.45) is 107 Å². The van der Waals surface area contributed by atoms with Gasteiger partial charge in [0.25, 0.3) is 0 Å². The first-order chi connectivity index (χ1) is 42.2. The first-order valence-corrected chi connectivity index (χ1v) is 36.8. The van der Waals surface area contributed by atoms with E-state index in [0.717, 1.165) is 38.5 Å². The molecule has 34 unspecified atom stereocenters. The van der Waals surface area contributed by atoms with Gasteiger partial charge in [0, 0.05) is 35.6 Å². The molecule has 10 saturated heterocycles. The van der Waals surface area contributed by atoms with Gasteiger partial charge < -0.3 is 212 Å². The van der Waals surface area contributed by atoms with E-state index in [9.17, 15) is 19.8 Å². The molecule has 18 aliphatic rings. The quantitative estimate of drug-likeness (QED) is 0.0904. The van der Waals surface area contributed by atoms with Crippen LogP contribution in [0, 0.1) is 107 Å². The van der Waals surface area contributed by atoms with Gasteiger partial charge in [0.1, 0.15) is 0 Å². The van der Waals surface area contributed by atoms with Crippen LogP contribution in [0.2, 0.25) is 0 Å². The minimum Gasteiger partial charge on any atom is -1.00 e. The maximum Gasteiger partial charge on any atom is 2.00 e. The van der Waals surface area contributed by atoms with Crippen molar-refractivity contribution >= 4 is 11.9 Å². The molecule has 33 heteroatoms. The fourth-order valence-corrected chi connectivity index (χ4v) is 24.7. The second kappa shape index (κ2) is 44.0. The third kappa shape index (κ3) is 19.9. The Balaban J connectivity index is 0.000000372. The summed E-state index contributed by atoms with van der Waals surface area (Å²) in [5.41, 5.74) is 0. The van der Waals surface area contributed by atoms with Crippen molar-refractivity contribution in [1.29, 1.82) is 0 Å². The maximum atomic E-state index is 12.5. The molecule has 8 aliphatic carbocycles. The average Bonchev–Trinajstić information content (AvgIpc) is 1.61. The van der Waals surface area contributed by atoms with Crippen molar-refractivity contribution in [3.8, 4) is 0 Å². The van der Waals surface area contributed by atoms with Crippen molar-refractivity contribution in [1.82, 2.24) is 85.1 Å². The minimum absolute atomic E-state index is 0. The molecule has 544 valence electrons. The van der Waals surface area contributed by atoms with E-state index in [4.69, 9.17) is 0 Å². The third-order valence-corrected chi connectivity index (χ3v) is 28.4. The van der Waals surface area contributed by atoms with E-state index in [0.29, 0.717) is 120 Å². The molecule has 20 nitrogen and oxygen atoms in total. The van der Waals surface area contributed by atoms with Gasteiger partial charge in [0.05, 0.1) is 98.7 Å². The Morgan fingerprint density at radius 1 is 0.182 bits per heavy atom. The molecule has 0 aromatic rings. The molecular weight excluding hydrogens is 2420 g/mol. The number of carbonyl (C=O) groups is 2. The summed E-state index contributed by atoms with van der Waals surface area (Å²) in [6.07, 6.45) is 40.3. The number of carboxylic acid groups (broad SMARTS) is 2. The molecule has 18 rings (SSSR count). The second-order valence-corrected chi connectivity index (χ2v) is 32.2. The van der Waals surface area contributed by atoms with Gasteiger partial charge in [-0.1, -0.05) is 89.9 Å². The number of halogens is 8. The molecule has 0 radical (unpaired) electrons. The van der Waals surface area contributed by atoms with E-state index in [1.165, 1.54) is 154 Å². The van der Waals surface area contributed by atoms with E-state index in [-0.39, 0.29) is 363 Å². The van der Waals surface area contributed by atoms with Crippen LogP contribution < -0.4 is 287 Å². The molecular formula is C66H110I8N16O4Zn5. The molecule has 10 heterocycles. The van der Waals surface area contributed by atoms with Crippen LogP contribution in [0.15, 0.2) is 0 Å². The second-order valence-electron chi connectivity index (χ2n) is 32.2.